The number of thiazole rings is 1. The Bertz CT molecular complexity index is 911. The number of nitrogens with one attached hydrogen (secondary N) is 1. The van der Waals surface area contributed by atoms with Crippen molar-refractivity contribution < 1.29 is 0 Å². The van der Waals surface area contributed by atoms with Crippen molar-refractivity contribution >= 4 is 65.3 Å². The highest BCUT2D eigenvalue weighted by molar-refractivity contribution is 7.73. The maximum Gasteiger partial charge on any atom is 0.159 e. The van der Waals surface area contributed by atoms with Crippen LogP contribution >= 0.6 is 34.9 Å². The van der Waals surface area contributed by atoms with Gasteiger partial charge in [0.15, 0.2) is 3.95 Å². The van der Waals surface area contributed by atoms with E-state index in [0.717, 1.165) is 9.47 Å². The number of hydrogen-bond donors (Lipinski definition) is 1. The van der Waals surface area contributed by atoms with Crippen molar-refractivity contribution in [2.45, 2.75) is 0 Å². The van der Waals surface area contributed by atoms with E-state index in [2.05, 4.69) is 41.4 Å². The van der Waals surface area contributed by atoms with Crippen molar-refractivity contribution in [1.29, 1.82) is 0 Å². The summed E-state index contributed by atoms with van der Waals surface area (Å²) in [4.78, 5) is 3.24. The number of thiophene rings is 1. The molecular formula is C13H7NS3. The fraction of sp³-hybridized carbons (Fsp3) is 0. The fourth-order valence-corrected chi connectivity index (χ4v) is 4.51. The molecule has 4 heteroatoms. The highest BCUT2D eigenvalue weighted by Gasteiger charge is 2.07. The third-order valence-corrected chi connectivity index (χ3v) is 5.25. The van der Waals surface area contributed by atoms with Crippen LogP contribution in [0.2, 0.25) is 0 Å². The van der Waals surface area contributed by atoms with Crippen molar-refractivity contribution in [2.24, 2.45) is 0 Å². The van der Waals surface area contributed by atoms with E-state index in [9.17, 15) is 0 Å². The second-order valence-corrected chi connectivity index (χ2v) is 6.76. The van der Waals surface area contributed by atoms with Crippen LogP contribution in [0, 0.1) is 3.95 Å². The van der Waals surface area contributed by atoms with Crippen molar-refractivity contribution in [3.8, 4) is 0 Å². The molecule has 0 amide bonds. The maximum absolute atomic E-state index is 5.19. The Morgan fingerprint density at radius 3 is 2.71 bits per heavy atom. The Morgan fingerprint density at radius 2 is 1.76 bits per heavy atom. The number of rotatable bonds is 0. The summed E-state index contributed by atoms with van der Waals surface area (Å²) in [6.07, 6.45) is 0. The van der Waals surface area contributed by atoms with Gasteiger partial charge in [-0.3, -0.25) is 0 Å². The van der Waals surface area contributed by atoms with Gasteiger partial charge in [-0.1, -0.05) is 18.2 Å². The van der Waals surface area contributed by atoms with Gasteiger partial charge in [0.1, 0.15) is 0 Å². The zero-order valence-electron chi connectivity index (χ0n) is 8.69. The Morgan fingerprint density at radius 1 is 0.882 bits per heavy atom. The molecule has 4 rings (SSSR count). The lowest BCUT2D eigenvalue weighted by molar-refractivity contribution is 1.48. The summed E-state index contributed by atoms with van der Waals surface area (Å²) < 4.78 is 4.78. The first kappa shape index (κ1) is 9.76. The van der Waals surface area contributed by atoms with E-state index in [1.165, 1.54) is 24.9 Å². The molecule has 2 heterocycles. The standard InChI is InChI=1S/C13H7NS3/c15-13-14-9-5-8-7-3-1-2-4-10(7)16-11(8)6-12(9)17-13/h1-6H,(H,14,15). The second kappa shape index (κ2) is 3.38. The molecule has 0 spiro atoms. The third-order valence-electron chi connectivity index (χ3n) is 2.92. The number of H-pyrrole nitrogens is 1. The first-order valence-corrected chi connectivity index (χ1v) is 7.29. The van der Waals surface area contributed by atoms with Crippen molar-refractivity contribution in [3.05, 3.63) is 40.4 Å². The van der Waals surface area contributed by atoms with Crippen LogP contribution in [0.4, 0.5) is 0 Å². The Balaban J connectivity index is 2.30. The van der Waals surface area contributed by atoms with Gasteiger partial charge in [-0.25, -0.2) is 0 Å². The number of hydrogen-bond acceptors (Lipinski definition) is 3. The fourth-order valence-electron chi connectivity index (χ4n) is 2.17. The number of aromatic nitrogens is 1. The molecule has 0 radical (unpaired) electrons. The average Bonchev–Trinajstić information content (AvgIpc) is 2.84. The summed E-state index contributed by atoms with van der Waals surface area (Å²) in [5.74, 6) is 0. The molecule has 0 aliphatic rings. The van der Waals surface area contributed by atoms with Gasteiger partial charge < -0.3 is 4.98 Å². The second-order valence-electron chi connectivity index (χ2n) is 3.96. The normalized spacial score (nSPS) is 11.8. The predicted octanol–water partition coefficient (Wildman–Crippen LogP) is 5.33. The summed E-state index contributed by atoms with van der Waals surface area (Å²) >= 11 is 8.68. The van der Waals surface area contributed by atoms with Crippen molar-refractivity contribution in [3.63, 3.8) is 0 Å². The summed E-state index contributed by atoms with van der Waals surface area (Å²) in [5.41, 5.74) is 1.15. The molecule has 0 aliphatic carbocycles. The first-order valence-electron chi connectivity index (χ1n) is 5.25. The van der Waals surface area contributed by atoms with Gasteiger partial charge in [0, 0.05) is 20.2 Å². The summed E-state index contributed by atoms with van der Waals surface area (Å²) in [7, 11) is 0. The SMILES string of the molecule is S=c1[nH]c2cc3c(cc2s1)sc1ccccc13. The Hall–Kier alpha value is -1.23. The average molecular weight is 273 g/mol. The molecule has 0 unspecified atom stereocenters. The van der Waals surface area contributed by atoms with Crippen LogP contribution in [0.25, 0.3) is 30.4 Å². The molecule has 0 atom stereocenters. The Labute approximate surface area is 110 Å². The number of benzene rings is 2. The van der Waals surface area contributed by atoms with Crippen LogP contribution in [-0.4, -0.2) is 4.98 Å². The van der Waals surface area contributed by atoms with Crippen molar-refractivity contribution in [1.82, 2.24) is 4.98 Å². The number of fused-ring (bicyclic) bond motifs is 4. The molecule has 82 valence electrons. The van der Waals surface area contributed by atoms with Crippen molar-refractivity contribution in [2.75, 3.05) is 0 Å². The van der Waals surface area contributed by atoms with Gasteiger partial charge in [-0.15, -0.1) is 22.7 Å². The minimum absolute atomic E-state index is 0.849. The molecule has 0 saturated carbocycles. The molecule has 2 aromatic carbocycles. The van der Waals surface area contributed by atoms with E-state index in [1.54, 1.807) is 11.3 Å². The zero-order chi connectivity index (χ0) is 11.4. The van der Waals surface area contributed by atoms with Gasteiger partial charge >= 0.3 is 0 Å². The molecule has 0 aliphatic heterocycles. The highest BCUT2D eigenvalue weighted by Crippen LogP contribution is 2.36. The van der Waals surface area contributed by atoms with E-state index in [4.69, 9.17) is 12.2 Å². The van der Waals surface area contributed by atoms with E-state index >= 15 is 0 Å². The van der Waals surface area contributed by atoms with Crippen LogP contribution in [0.5, 0.6) is 0 Å². The minimum Gasteiger partial charge on any atom is -0.337 e. The van der Waals surface area contributed by atoms with Crippen LogP contribution in [0.1, 0.15) is 0 Å². The molecule has 1 N–H and O–H groups in total. The van der Waals surface area contributed by atoms with E-state index in [0.29, 0.717) is 0 Å². The zero-order valence-corrected chi connectivity index (χ0v) is 11.1. The Kier molecular flexibility index (Phi) is 1.94. The lowest BCUT2D eigenvalue weighted by atomic mass is 10.1. The molecule has 0 saturated heterocycles. The largest absolute Gasteiger partial charge is 0.337 e. The molecule has 0 bridgehead atoms. The third kappa shape index (κ3) is 1.38. The van der Waals surface area contributed by atoms with E-state index < -0.39 is 0 Å². The van der Waals surface area contributed by atoms with E-state index in [1.807, 2.05) is 11.3 Å². The van der Waals surface area contributed by atoms with Gasteiger partial charge in [0.25, 0.3) is 0 Å². The molecular weight excluding hydrogens is 266 g/mol. The molecule has 1 nitrogen and oxygen atoms in total. The van der Waals surface area contributed by atoms with Crippen LogP contribution in [-0.2, 0) is 0 Å². The summed E-state index contributed by atoms with van der Waals surface area (Å²) in [6, 6.07) is 13.0. The summed E-state index contributed by atoms with van der Waals surface area (Å²) in [6.45, 7) is 0. The first-order chi connectivity index (χ1) is 8.31. The monoisotopic (exact) mass is 273 g/mol. The lowest BCUT2D eigenvalue weighted by Gasteiger charge is -1.91. The molecule has 0 fully saturated rings. The molecule has 2 aromatic heterocycles. The minimum atomic E-state index is 0.849. The van der Waals surface area contributed by atoms with Gasteiger partial charge in [0.05, 0.1) is 10.2 Å². The summed E-state index contributed by atoms with van der Waals surface area (Å²) in [5, 5.41) is 2.65. The lowest BCUT2D eigenvalue weighted by Crippen LogP contribution is -1.68. The quantitative estimate of drug-likeness (QED) is 0.428. The van der Waals surface area contributed by atoms with E-state index in [-0.39, 0.29) is 0 Å². The predicted molar refractivity (Wildman–Crippen MR) is 79.9 cm³/mol. The molecule has 17 heavy (non-hydrogen) atoms. The van der Waals surface area contributed by atoms with Crippen LogP contribution < -0.4 is 0 Å². The topological polar surface area (TPSA) is 15.8 Å². The van der Waals surface area contributed by atoms with Gasteiger partial charge in [-0.05, 0) is 30.4 Å². The highest BCUT2D eigenvalue weighted by atomic mass is 32.1. The van der Waals surface area contributed by atoms with Crippen LogP contribution in [0.3, 0.4) is 0 Å². The number of aromatic amines is 1. The van der Waals surface area contributed by atoms with Crippen LogP contribution in [0.15, 0.2) is 36.4 Å². The smallest absolute Gasteiger partial charge is 0.159 e. The molecule has 4 aromatic rings. The van der Waals surface area contributed by atoms with Gasteiger partial charge in [-0.2, -0.15) is 0 Å². The maximum atomic E-state index is 5.19. The van der Waals surface area contributed by atoms with Gasteiger partial charge in [0.2, 0.25) is 0 Å².